The molecule has 0 aliphatic heterocycles. The van der Waals surface area contributed by atoms with Gasteiger partial charge in [-0.2, -0.15) is 0 Å². The number of aromatic nitrogens is 1. The lowest BCUT2D eigenvalue weighted by molar-refractivity contribution is 0.328. The lowest BCUT2D eigenvalue weighted by atomic mass is 9.79. The van der Waals surface area contributed by atoms with Gasteiger partial charge in [0, 0.05) is 17.1 Å². The molecule has 112 valence electrons. The average Bonchev–Trinajstić information content (AvgIpc) is 2.52. The maximum atomic E-state index is 4.61. The van der Waals surface area contributed by atoms with Gasteiger partial charge in [0.2, 0.25) is 0 Å². The summed E-state index contributed by atoms with van der Waals surface area (Å²) in [5.74, 6) is 0.663. The fraction of sp³-hybridized carbons (Fsp3) is 0.526. The van der Waals surface area contributed by atoms with E-state index in [1.165, 1.54) is 43.1 Å². The van der Waals surface area contributed by atoms with E-state index >= 15 is 0 Å². The minimum Gasteiger partial charge on any atom is -0.313 e. The molecule has 2 unspecified atom stereocenters. The SMILES string of the molecule is CCCNC1CCCCC1c1ccc2nc(C)ccc2c1. The van der Waals surface area contributed by atoms with Crippen molar-refractivity contribution >= 4 is 10.9 Å². The number of nitrogens with one attached hydrogen (secondary N) is 1. The van der Waals surface area contributed by atoms with Crippen molar-refractivity contribution < 1.29 is 0 Å². The average molecular weight is 282 g/mol. The normalized spacial score (nSPS) is 22.6. The molecule has 0 bridgehead atoms. The van der Waals surface area contributed by atoms with Crippen molar-refractivity contribution in [1.82, 2.24) is 10.3 Å². The van der Waals surface area contributed by atoms with Crippen molar-refractivity contribution in [2.45, 2.75) is 57.9 Å². The Morgan fingerprint density at radius 3 is 2.86 bits per heavy atom. The molecule has 1 fully saturated rings. The molecule has 1 aliphatic carbocycles. The van der Waals surface area contributed by atoms with Crippen LogP contribution in [0.25, 0.3) is 10.9 Å². The van der Waals surface area contributed by atoms with Crippen LogP contribution in [-0.2, 0) is 0 Å². The quantitative estimate of drug-likeness (QED) is 0.888. The molecule has 2 aromatic rings. The third-order valence-electron chi connectivity index (χ3n) is 4.70. The first-order valence-electron chi connectivity index (χ1n) is 8.38. The maximum absolute atomic E-state index is 4.61. The Morgan fingerprint density at radius 2 is 2.00 bits per heavy atom. The molecule has 2 heteroatoms. The maximum Gasteiger partial charge on any atom is 0.0705 e. The molecule has 2 atom stereocenters. The Labute approximate surface area is 128 Å². The summed E-state index contributed by atoms with van der Waals surface area (Å²) in [6, 6.07) is 11.8. The number of pyridine rings is 1. The van der Waals surface area contributed by atoms with Crippen molar-refractivity contribution in [3.8, 4) is 0 Å². The van der Waals surface area contributed by atoms with Crippen LogP contribution in [-0.4, -0.2) is 17.6 Å². The summed E-state index contributed by atoms with van der Waals surface area (Å²) in [5.41, 5.74) is 3.70. The largest absolute Gasteiger partial charge is 0.313 e. The van der Waals surface area contributed by atoms with Gasteiger partial charge >= 0.3 is 0 Å². The van der Waals surface area contributed by atoms with E-state index < -0.39 is 0 Å². The molecule has 21 heavy (non-hydrogen) atoms. The van der Waals surface area contributed by atoms with Gasteiger partial charge in [-0.3, -0.25) is 4.98 Å². The zero-order chi connectivity index (χ0) is 14.7. The van der Waals surface area contributed by atoms with Crippen LogP contribution in [0.15, 0.2) is 30.3 Å². The second-order valence-corrected chi connectivity index (χ2v) is 6.36. The highest BCUT2D eigenvalue weighted by Gasteiger charge is 2.25. The number of aryl methyl sites for hydroxylation is 1. The van der Waals surface area contributed by atoms with Crippen molar-refractivity contribution in [3.05, 3.63) is 41.6 Å². The summed E-state index contributed by atoms with van der Waals surface area (Å²) >= 11 is 0. The zero-order valence-corrected chi connectivity index (χ0v) is 13.2. The van der Waals surface area contributed by atoms with Crippen LogP contribution in [0.5, 0.6) is 0 Å². The second kappa shape index (κ2) is 6.57. The van der Waals surface area contributed by atoms with E-state index in [2.05, 4.69) is 54.5 Å². The standard InChI is InChI=1S/C19H26N2/c1-3-12-20-19-7-5-4-6-17(19)15-10-11-18-16(13-15)9-8-14(2)21-18/h8-11,13,17,19-20H,3-7,12H2,1-2H3. The van der Waals surface area contributed by atoms with Gasteiger partial charge in [0.15, 0.2) is 0 Å². The van der Waals surface area contributed by atoms with Gasteiger partial charge < -0.3 is 5.32 Å². The zero-order valence-electron chi connectivity index (χ0n) is 13.2. The van der Waals surface area contributed by atoms with E-state index in [-0.39, 0.29) is 0 Å². The smallest absolute Gasteiger partial charge is 0.0705 e. The van der Waals surface area contributed by atoms with Gasteiger partial charge in [0.25, 0.3) is 0 Å². The number of nitrogens with zero attached hydrogens (tertiary/aromatic N) is 1. The van der Waals surface area contributed by atoms with Crippen molar-refractivity contribution in [2.75, 3.05) is 6.54 Å². The Balaban J connectivity index is 1.88. The first-order valence-corrected chi connectivity index (χ1v) is 8.38. The van der Waals surface area contributed by atoms with Crippen molar-refractivity contribution in [2.24, 2.45) is 0 Å². The summed E-state index contributed by atoms with van der Waals surface area (Å²) in [6.45, 7) is 5.43. The number of hydrogen-bond acceptors (Lipinski definition) is 2. The van der Waals surface area contributed by atoms with Gasteiger partial charge in [0.1, 0.15) is 0 Å². The lowest BCUT2D eigenvalue weighted by Crippen LogP contribution is -2.37. The van der Waals surface area contributed by atoms with Crippen LogP contribution < -0.4 is 5.32 Å². The van der Waals surface area contributed by atoms with Gasteiger partial charge in [0.05, 0.1) is 5.52 Å². The number of benzene rings is 1. The molecular formula is C19H26N2. The van der Waals surface area contributed by atoms with Crippen LogP contribution in [0.3, 0.4) is 0 Å². The topological polar surface area (TPSA) is 24.9 Å². The lowest BCUT2D eigenvalue weighted by Gasteiger charge is -2.33. The molecule has 0 saturated heterocycles. The second-order valence-electron chi connectivity index (χ2n) is 6.36. The molecule has 0 radical (unpaired) electrons. The molecule has 1 N–H and O–H groups in total. The van der Waals surface area contributed by atoms with Crippen molar-refractivity contribution in [3.63, 3.8) is 0 Å². The van der Waals surface area contributed by atoms with Crippen molar-refractivity contribution in [1.29, 1.82) is 0 Å². The molecule has 2 nitrogen and oxygen atoms in total. The van der Waals surface area contributed by atoms with Gasteiger partial charge in [-0.1, -0.05) is 31.9 Å². The Hall–Kier alpha value is -1.41. The molecule has 0 amide bonds. The number of fused-ring (bicyclic) bond motifs is 1. The van der Waals surface area contributed by atoms with Gasteiger partial charge in [-0.05, 0) is 62.4 Å². The summed E-state index contributed by atoms with van der Waals surface area (Å²) < 4.78 is 0. The van der Waals surface area contributed by atoms with Crippen LogP contribution in [0.1, 0.15) is 56.2 Å². The predicted octanol–water partition coefficient (Wildman–Crippen LogP) is 4.57. The molecule has 1 saturated carbocycles. The Bertz CT molecular complexity index is 606. The Kier molecular flexibility index (Phi) is 4.54. The first-order chi connectivity index (χ1) is 10.3. The number of hydrogen-bond donors (Lipinski definition) is 1. The fourth-order valence-electron chi connectivity index (χ4n) is 3.58. The third-order valence-corrected chi connectivity index (χ3v) is 4.70. The van der Waals surface area contributed by atoms with E-state index in [9.17, 15) is 0 Å². The highest BCUT2D eigenvalue weighted by molar-refractivity contribution is 5.79. The van der Waals surface area contributed by atoms with E-state index in [4.69, 9.17) is 0 Å². The minimum atomic E-state index is 0.648. The molecule has 3 rings (SSSR count). The minimum absolute atomic E-state index is 0.648. The summed E-state index contributed by atoms with van der Waals surface area (Å²) in [7, 11) is 0. The van der Waals surface area contributed by atoms with Crippen LogP contribution >= 0.6 is 0 Å². The van der Waals surface area contributed by atoms with Crippen LogP contribution in [0.4, 0.5) is 0 Å². The summed E-state index contributed by atoms with van der Waals surface area (Å²) in [5, 5.41) is 5.04. The molecule has 1 aromatic heterocycles. The first kappa shape index (κ1) is 14.5. The van der Waals surface area contributed by atoms with Gasteiger partial charge in [-0.25, -0.2) is 0 Å². The van der Waals surface area contributed by atoms with E-state index in [1.807, 2.05) is 0 Å². The van der Waals surface area contributed by atoms with E-state index in [0.29, 0.717) is 12.0 Å². The molecule has 1 heterocycles. The predicted molar refractivity (Wildman–Crippen MR) is 89.8 cm³/mol. The third kappa shape index (κ3) is 3.26. The number of rotatable bonds is 4. The van der Waals surface area contributed by atoms with E-state index in [0.717, 1.165) is 17.8 Å². The molecule has 1 aromatic carbocycles. The highest BCUT2D eigenvalue weighted by atomic mass is 14.9. The summed E-state index contributed by atoms with van der Waals surface area (Å²) in [4.78, 5) is 4.61. The van der Waals surface area contributed by atoms with Gasteiger partial charge in [-0.15, -0.1) is 0 Å². The monoisotopic (exact) mass is 282 g/mol. The van der Waals surface area contributed by atoms with Crippen LogP contribution in [0.2, 0.25) is 0 Å². The molecular weight excluding hydrogens is 256 g/mol. The fourth-order valence-corrected chi connectivity index (χ4v) is 3.58. The molecule has 0 spiro atoms. The summed E-state index contributed by atoms with van der Waals surface area (Å²) in [6.07, 6.45) is 6.57. The molecule has 1 aliphatic rings. The highest BCUT2D eigenvalue weighted by Crippen LogP contribution is 2.34. The van der Waals surface area contributed by atoms with Crippen LogP contribution in [0, 0.1) is 6.92 Å². The van der Waals surface area contributed by atoms with E-state index in [1.54, 1.807) is 0 Å². The Morgan fingerprint density at radius 1 is 1.14 bits per heavy atom.